The van der Waals surface area contributed by atoms with Crippen molar-refractivity contribution in [3.63, 3.8) is 0 Å². The maximum atomic E-state index is 12.0. The highest BCUT2D eigenvalue weighted by Gasteiger charge is 2.63. The van der Waals surface area contributed by atoms with Crippen molar-refractivity contribution in [3.05, 3.63) is 48.6 Å². The Bertz CT molecular complexity index is 1150. The van der Waals surface area contributed by atoms with E-state index in [2.05, 4.69) is 67.4 Å². The maximum Gasteiger partial charge on any atom is 0.472 e. The number of unbranched alkanes of at least 4 members (excludes halogenated alkanes) is 18. The molecule has 3 N–H and O–H groups in total. The Balaban J connectivity index is 1.33. The molecular weight excluding hydrogens is 756 g/mol. The lowest BCUT2D eigenvalue weighted by Gasteiger charge is -2.54. The Kier molecular flexibility index (Phi) is 28.1. The second kappa shape index (κ2) is 31.7. The molecular formula is C50H91N2O6P. The zero-order chi connectivity index (χ0) is 42.3. The molecule has 3 aliphatic rings. The summed E-state index contributed by atoms with van der Waals surface area (Å²) >= 11 is 0. The number of ether oxygens (including phenoxy) is 2. The molecule has 1 unspecified atom stereocenters. The lowest BCUT2D eigenvalue weighted by Crippen LogP contribution is -2.53. The molecule has 1 spiro atoms. The normalized spacial score (nSPS) is 22.2. The zero-order valence-electron chi connectivity index (χ0n) is 38.4. The quantitative estimate of drug-likeness (QED) is 0.0360. The molecule has 0 radical (unpaired) electrons. The number of fused-ring (bicyclic) bond motifs is 1. The van der Waals surface area contributed by atoms with Crippen LogP contribution < -0.4 is 5.73 Å². The first-order valence-electron chi connectivity index (χ1n) is 24.7. The number of phosphoric ester groups is 1. The van der Waals surface area contributed by atoms with Gasteiger partial charge in [0.15, 0.2) is 5.79 Å². The van der Waals surface area contributed by atoms with E-state index in [4.69, 9.17) is 24.3 Å². The summed E-state index contributed by atoms with van der Waals surface area (Å²) in [7, 11) is -2.01. The highest BCUT2D eigenvalue weighted by molar-refractivity contribution is 7.47. The summed E-state index contributed by atoms with van der Waals surface area (Å²) in [6, 6.07) is 0.301. The van der Waals surface area contributed by atoms with E-state index in [-0.39, 0.29) is 37.8 Å². The molecule has 2 aliphatic carbocycles. The number of rotatable bonds is 38. The fraction of sp³-hybridized carbons (Fsp3) is 0.840. The minimum atomic E-state index is -4.06. The Morgan fingerprint density at radius 3 is 1.47 bits per heavy atom. The lowest BCUT2D eigenvalue weighted by atomic mass is 9.59. The molecule has 3 fully saturated rings. The summed E-state index contributed by atoms with van der Waals surface area (Å²) in [4.78, 5) is 12.0. The van der Waals surface area contributed by atoms with Crippen LogP contribution in [0.5, 0.6) is 0 Å². The van der Waals surface area contributed by atoms with Gasteiger partial charge < -0.3 is 25.0 Å². The Morgan fingerprint density at radius 2 is 1.03 bits per heavy atom. The molecule has 9 heteroatoms. The lowest BCUT2D eigenvalue weighted by molar-refractivity contribution is -0.281. The van der Waals surface area contributed by atoms with E-state index >= 15 is 0 Å². The van der Waals surface area contributed by atoms with Crippen molar-refractivity contribution < 1.29 is 28.0 Å². The summed E-state index contributed by atoms with van der Waals surface area (Å²) in [5, 5.41) is 0. The molecule has 1 aliphatic heterocycles. The predicted octanol–water partition coefficient (Wildman–Crippen LogP) is 13.8. The molecule has 2 saturated carbocycles. The average Bonchev–Trinajstić information content (AvgIpc) is 3.76. The SMILES string of the molecule is CCCCC/C=C\C/C=C\CCCCCCCCC1(CCCCCCCC/C=C\C/C=C\CCCCC)CC2(C1)O[C@H]1C[C@@H](N(C)CCOP(=O)(O)OCCN)C[C@H]1O2. The first kappa shape index (κ1) is 52.3. The monoisotopic (exact) mass is 847 g/mol. The van der Waals surface area contributed by atoms with Gasteiger partial charge in [0.25, 0.3) is 0 Å². The molecule has 342 valence electrons. The van der Waals surface area contributed by atoms with Crippen molar-refractivity contribution in [2.75, 3.05) is 33.4 Å². The van der Waals surface area contributed by atoms with Crippen molar-refractivity contribution >= 4 is 7.82 Å². The van der Waals surface area contributed by atoms with Crippen LogP contribution in [0.2, 0.25) is 0 Å². The number of nitrogens with two attached hydrogens (primary N) is 1. The Labute approximate surface area is 363 Å². The van der Waals surface area contributed by atoms with Crippen molar-refractivity contribution in [1.29, 1.82) is 0 Å². The van der Waals surface area contributed by atoms with E-state index in [0.29, 0.717) is 18.0 Å². The molecule has 0 aromatic heterocycles. The number of nitrogens with zero attached hydrogens (tertiary/aromatic N) is 1. The van der Waals surface area contributed by atoms with Gasteiger partial charge in [-0.2, -0.15) is 0 Å². The molecule has 0 bridgehead atoms. The second-order valence-electron chi connectivity index (χ2n) is 18.3. The molecule has 1 saturated heterocycles. The van der Waals surface area contributed by atoms with Gasteiger partial charge in [-0.15, -0.1) is 0 Å². The van der Waals surface area contributed by atoms with Gasteiger partial charge in [-0.3, -0.25) is 9.05 Å². The van der Waals surface area contributed by atoms with Crippen LogP contribution >= 0.6 is 7.82 Å². The van der Waals surface area contributed by atoms with E-state index in [0.717, 1.165) is 38.5 Å². The second-order valence-corrected chi connectivity index (χ2v) is 19.7. The van der Waals surface area contributed by atoms with Crippen LogP contribution in [0.15, 0.2) is 48.6 Å². The van der Waals surface area contributed by atoms with Crippen LogP contribution in [0, 0.1) is 5.41 Å². The van der Waals surface area contributed by atoms with Gasteiger partial charge in [0.2, 0.25) is 0 Å². The van der Waals surface area contributed by atoms with E-state index in [1.165, 1.54) is 154 Å². The summed E-state index contributed by atoms with van der Waals surface area (Å²) in [5.74, 6) is -0.386. The van der Waals surface area contributed by atoms with Gasteiger partial charge in [-0.05, 0) is 102 Å². The standard InChI is InChI=1S/C50H91N2O6P/c1-4-6-8-10-12-14-16-18-20-22-24-26-28-30-32-34-36-49(37-35-33-31-29-27-25-23-21-19-17-15-13-11-9-7-5-2)44-50(45-49)57-47-42-46(43-48(47)58-50)52(3)39-41-56-59(53,54)55-40-38-51/h12-15,18-21,46-48H,4-11,16-17,22-45,51H2,1-3H3,(H,53,54)/b14-12-,15-13-,20-18-,21-19-/t46-,47+,48-. The maximum absolute atomic E-state index is 12.0. The topological polar surface area (TPSA) is 103 Å². The van der Waals surface area contributed by atoms with Crippen LogP contribution in [0.1, 0.15) is 206 Å². The van der Waals surface area contributed by atoms with Crippen LogP contribution in [0.25, 0.3) is 0 Å². The Morgan fingerprint density at radius 1 is 0.627 bits per heavy atom. The number of hydrogen-bond acceptors (Lipinski definition) is 7. The minimum absolute atomic E-state index is 0.000197. The summed E-state index contributed by atoms with van der Waals surface area (Å²) < 4.78 is 35.6. The fourth-order valence-electron chi connectivity index (χ4n) is 9.52. The molecule has 4 atom stereocenters. The number of allylic oxidation sites excluding steroid dienone is 8. The van der Waals surface area contributed by atoms with E-state index in [1.807, 2.05) is 7.05 Å². The minimum Gasteiger partial charge on any atom is -0.344 e. The highest BCUT2D eigenvalue weighted by atomic mass is 31.2. The van der Waals surface area contributed by atoms with Gasteiger partial charge in [-0.1, -0.05) is 152 Å². The molecule has 8 nitrogen and oxygen atoms in total. The van der Waals surface area contributed by atoms with Crippen molar-refractivity contribution in [2.24, 2.45) is 11.1 Å². The van der Waals surface area contributed by atoms with Gasteiger partial charge >= 0.3 is 7.82 Å². The number of phosphoric acid groups is 1. The van der Waals surface area contributed by atoms with Crippen LogP contribution in [-0.2, 0) is 23.1 Å². The van der Waals surface area contributed by atoms with Crippen molar-refractivity contribution in [3.8, 4) is 0 Å². The predicted molar refractivity (Wildman–Crippen MR) is 249 cm³/mol. The molecule has 3 rings (SSSR count). The highest BCUT2D eigenvalue weighted by Crippen LogP contribution is 2.61. The van der Waals surface area contributed by atoms with Gasteiger partial charge in [0.05, 0.1) is 25.4 Å². The summed E-state index contributed by atoms with van der Waals surface area (Å²) in [5.41, 5.74) is 5.74. The Hall–Kier alpha value is -1.09. The largest absolute Gasteiger partial charge is 0.472 e. The fourth-order valence-corrected chi connectivity index (χ4v) is 10.2. The first-order valence-corrected chi connectivity index (χ1v) is 26.2. The molecule has 59 heavy (non-hydrogen) atoms. The van der Waals surface area contributed by atoms with E-state index in [9.17, 15) is 9.46 Å². The zero-order valence-corrected chi connectivity index (χ0v) is 39.2. The van der Waals surface area contributed by atoms with Crippen LogP contribution in [-0.4, -0.2) is 67.2 Å². The first-order chi connectivity index (χ1) is 28.8. The van der Waals surface area contributed by atoms with Crippen LogP contribution in [0.4, 0.5) is 0 Å². The number of likely N-dealkylation sites (N-methyl/N-ethyl adjacent to an activating group) is 1. The van der Waals surface area contributed by atoms with E-state index < -0.39 is 7.82 Å². The third kappa shape index (κ3) is 22.7. The van der Waals surface area contributed by atoms with Crippen molar-refractivity contribution in [1.82, 2.24) is 4.90 Å². The molecule has 0 aromatic rings. The molecule has 0 amide bonds. The summed E-state index contributed by atoms with van der Waals surface area (Å²) in [6.07, 6.45) is 56.7. The van der Waals surface area contributed by atoms with E-state index in [1.54, 1.807) is 0 Å². The van der Waals surface area contributed by atoms with Gasteiger partial charge in [0, 0.05) is 32.0 Å². The number of hydrogen-bond donors (Lipinski definition) is 2. The molecule has 0 aromatic carbocycles. The third-order valence-corrected chi connectivity index (χ3v) is 14.0. The van der Waals surface area contributed by atoms with Gasteiger partial charge in [-0.25, -0.2) is 4.57 Å². The third-order valence-electron chi connectivity index (χ3n) is 13.0. The van der Waals surface area contributed by atoms with Gasteiger partial charge in [0.1, 0.15) is 0 Å². The molecule has 1 heterocycles. The van der Waals surface area contributed by atoms with Crippen molar-refractivity contribution in [2.45, 2.75) is 231 Å². The van der Waals surface area contributed by atoms with Crippen LogP contribution in [0.3, 0.4) is 0 Å². The average molecular weight is 847 g/mol. The summed E-state index contributed by atoms with van der Waals surface area (Å²) in [6.45, 7) is 5.37. The smallest absolute Gasteiger partial charge is 0.344 e.